The summed E-state index contributed by atoms with van der Waals surface area (Å²) in [6.45, 7) is 10.6. The lowest BCUT2D eigenvalue weighted by atomic mass is 10.0. The van der Waals surface area contributed by atoms with Gasteiger partial charge in [-0.3, -0.25) is 4.79 Å². The highest BCUT2D eigenvalue weighted by Gasteiger charge is 2.17. The van der Waals surface area contributed by atoms with E-state index in [0.717, 1.165) is 22.6 Å². The zero-order valence-corrected chi connectivity index (χ0v) is 17.7. The summed E-state index contributed by atoms with van der Waals surface area (Å²) in [5, 5.41) is 15.3. The van der Waals surface area contributed by atoms with Gasteiger partial charge in [0, 0.05) is 17.5 Å². The van der Waals surface area contributed by atoms with Crippen LogP contribution in [0, 0.1) is 18.3 Å². The number of ether oxygens (including phenoxy) is 1. The van der Waals surface area contributed by atoms with Gasteiger partial charge in [0.25, 0.3) is 5.91 Å². The summed E-state index contributed by atoms with van der Waals surface area (Å²) in [4.78, 5) is 12.6. The second-order valence-corrected chi connectivity index (χ2v) is 7.26. The summed E-state index contributed by atoms with van der Waals surface area (Å²) in [5.41, 5.74) is 4.02. The van der Waals surface area contributed by atoms with Crippen LogP contribution >= 0.6 is 0 Å². The summed E-state index contributed by atoms with van der Waals surface area (Å²) in [6, 6.07) is 15.5. The molecule has 2 rings (SSSR count). The molecule has 0 bridgehead atoms. The molecular weight excluding hydrogens is 362 g/mol. The van der Waals surface area contributed by atoms with Gasteiger partial charge in [-0.1, -0.05) is 43.7 Å². The van der Waals surface area contributed by atoms with Gasteiger partial charge in [0.15, 0.2) is 0 Å². The molecule has 1 amide bonds. The van der Waals surface area contributed by atoms with Crippen molar-refractivity contribution in [3.8, 4) is 11.8 Å². The van der Waals surface area contributed by atoms with Crippen LogP contribution in [0.25, 0.3) is 0 Å². The van der Waals surface area contributed by atoms with E-state index in [2.05, 4.69) is 24.5 Å². The van der Waals surface area contributed by atoms with Crippen LogP contribution in [0.15, 0.2) is 54.2 Å². The third kappa shape index (κ3) is 6.11. The fourth-order valence-electron chi connectivity index (χ4n) is 2.91. The van der Waals surface area contributed by atoms with Crippen LogP contribution in [-0.4, -0.2) is 12.5 Å². The van der Waals surface area contributed by atoms with Crippen LogP contribution in [0.3, 0.4) is 0 Å². The Morgan fingerprint density at radius 1 is 1.17 bits per heavy atom. The fraction of sp³-hybridized carbons (Fsp3) is 0.333. The topological polar surface area (TPSA) is 74.1 Å². The number of nitrogens with one attached hydrogen (secondary N) is 2. The second kappa shape index (κ2) is 10.3. The minimum atomic E-state index is -0.435. The number of benzene rings is 2. The van der Waals surface area contributed by atoms with Crippen LogP contribution in [0.5, 0.6) is 5.75 Å². The van der Waals surface area contributed by atoms with Gasteiger partial charge in [-0.15, -0.1) is 0 Å². The van der Waals surface area contributed by atoms with E-state index in [1.807, 2.05) is 69.3 Å². The minimum Gasteiger partial charge on any atom is -0.494 e. The van der Waals surface area contributed by atoms with Crippen LogP contribution in [0.2, 0.25) is 0 Å². The van der Waals surface area contributed by atoms with Gasteiger partial charge in [-0.25, -0.2) is 0 Å². The molecule has 0 saturated carbocycles. The molecule has 29 heavy (non-hydrogen) atoms. The summed E-state index contributed by atoms with van der Waals surface area (Å²) in [7, 11) is 0. The van der Waals surface area contributed by atoms with Gasteiger partial charge in [-0.2, -0.15) is 5.26 Å². The Balaban J connectivity index is 2.10. The molecule has 0 fully saturated rings. The Labute approximate surface area is 173 Å². The quantitative estimate of drug-likeness (QED) is 0.478. The molecule has 5 nitrogen and oxygen atoms in total. The molecule has 2 aromatic carbocycles. The molecule has 5 heteroatoms. The van der Waals surface area contributed by atoms with Crippen molar-refractivity contribution in [3.63, 3.8) is 0 Å². The van der Waals surface area contributed by atoms with E-state index in [1.54, 1.807) is 0 Å². The van der Waals surface area contributed by atoms with Gasteiger partial charge >= 0.3 is 0 Å². The monoisotopic (exact) mass is 391 g/mol. The van der Waals surface area contributed by atoms with E-state index in [0.29, 0.717) is 12.5 Å². The number of carbonyl (C=O) groups excluding carboxylic acids is 1. The van der Waals surface area contributed by atoms with Crippen LogP contribution in [-0.2, 0) is 4.79 Å². The SMILES string of the molecule is CCOc1ccc(C)cc1C(C)NC(=O)/C(C#N)=C\Nc1ccc(C(C)C)cc1. The third-order valence-electron chi connectivity index (χ3n) is 4.60. The number of anilines is 1. The third-order valence-corrected chi connectivity index (χ3v) is 4.60. The number of hydrogen-bond acceptors (Lipinski definition) is 4. The molecule has 1 atom stereocenters. The first-order valence-electron chi connectivity index (χ1n) is 9.86. The molecule has 0 saturated heterocycles. The average molecular weight is 392 g/mol. The molecular formula is C24H29N3O2. The maximum atomic E-state index is 12.6. The Kier molecular flexibility index (Phi) is 7.85. The van der Waals surface area contributed by atoms with Gasteiger partial charge in [0.2, 0.25) is 0 Å². The molecule has 1 unspecified atom stereocenters. The highest BCUT2D eigenvalue weighted by Crippen LogP contribution is 2.26. The predicted molar refractivity (Wildman–Crippen MR) is 117 cm³/mol. The molecule has 2 aromatic rings. The molecule has 152 valence electrons. The normalized spacial score (nSPS) is 12.2. The van der Waals surface area contributed by atoms with Crippen LogP contribution in [0.1, 0.15) is 56.3 Å². The first kappa shape index (κ1) is 22.0. The molecule has 0 heterocycles. The number of rotatable bonds is 8. The summed E-state index contributed by atoms with van der Waals surface area (Å²) < 4.78 is 5.67. The molecule has 2 N–H and O–H groups in total. The number of amides is 1. The first-order chi connectivity index (χ1) is 13.8. The lowest BCUT2D eigenvalue weighted by Gasteiger charge is -2.18. The maximum Gasteiger partial charge on any atom is 0.263 e. The van der Waals surface area contributed by atoms with Gasteiger partial charge in [0.1, 0.15) is 17.4 Å². The lowest BCUT2D eigenvalue weighted by molar-refractivity contribution is -0.117. The van der Waals surface area contributed by atoms with E-state index in [1.165, 1.54) is 11.8 Å². The van der Waals surface area contributed by atoms with Crippen molar-refractivity contribution >= 4 is 11.6 Å². The lowest BCUT2D eigenvalue weighted by Crippen LogP contribution is -2.28. The smallest absolute Gasteiger partial charge is 0.263 e. The van der Waals surface area contributed by atoms with Crippen LogP contribution in [0.4, 0.5) is 5.69 Å². The van der Waals surface area contributed by atoms with Gasteiger partial charge in [0.05, 0.1) is 12.6 Å². The molecule has 0 aromatic heterocycles. The van der Waals surface area contributed by atoms with Crippen molar-refractivity contribution in [2.75, 3.05) is 11.9 Å². The molecule has 0 aliphatic rings. The Hall–Kier alpha value is -3.26. The first-order valence-corrected chi connectivity index (χ1v) is 9.86. The number of nitrogens with zero attached hydrogens (tertiary/aromatic N) is 1. The molecule has 0 radical (unpaired) electrons. The van der Waals surface area contributed by atoms with Gasteiger partial charge < -0.3 is 15.4 Å². The molecule has 0 spiro atoms. The van der Waals surface area contributed by atoms with Crippen molar-refractivity contribution in [1.29, 1.82) is 5.26 Å². The number of aryl methyl sites for hydroxylation is 1. The summed E-state index contributed by atoms with van der Waals surface area (Å²) >= 11 is 0. The minimum absolute atomic E-state index is 0.00963. The molecule has 0 aliphatic heterocycles. The van der Waals surface area contributed by atoms with Crippen molar-refractivity contribution in [2.24, 2.45) is 0 Å². The van der Waals surface area contributed by atoms with E-state index in [9.17, 15) is 10.1 Å². The zero-order chi connectivity index (χ0) is 21.4. The Morgan fingerprint density at radius 2 is 1.86 bits per heavy atom. The van der Waals surface area contributed by atoms with Crippen molar-refractivity contribution in [1.82, 2.24) is 5.32 Å². The Morgan fingerprint density at radius 3 is 2.45 bits per heavy atom. The van der Waals surface area contributed by atoms with Gasteiger partial charge in [-0.05, 0) is 50.5 Å². The highest BCUT2D eigenvalue weighted by molar-refractivity contribution is 5.97. The zero-order valence-electron chi connectivity index (χ0n) is 17.7. The maximum absolute atomic E-state index is 12.6. The predicted octanol–water partition coefficient (Wildman–Crippen LogP) is 5.21. The number of nitriles is 1. The standard InChI is InChI=1S/C24H29N3O2/c1-6-29-23-12-7-17(4)13-22(23)18(5)27-24(28)20(14-25)15-26-21-10-8-19(9-11-21)16(2)3/h7-13,15-16,18,26H,6H2,1-5H3,(H,27,28)/b20-15-. The van der Waals surface area contributed by atoms with E-state index in [4.69, 9.17) is 4.74 Å². The highest BCUT2D eigenvalue weighted by atomic mass is 16.5. The second-order valence-electron chi connectivity index (χ2n) is 7.26. The Bertz CT molecular complexity index is 909. The van der Waals surface area contributed by atoms with Crippen molar-refractivity contribution < 1.29 is 9.53 Å². The molecule has 0 aliphatic carbocycles. The number of hydrogen-bond donors (Lipinski definition) is 2. The van der Waals surface area contributed by atoms with Crippen molar-refractivity contribution in [2.45, 2.75) is 46.6 Å². The number of carbonyl (C=O) groups is 1. The average Bonchev–Trinajstić information content (AvgIpc) is 2.70. The van der Waals surface area contributed by atoms with E-state index in [-0.39, 0.29) is 11.6 Å². The van der Waals surface area contributed by atoms with E-state index < -0.39 is 5.91 Å². The van der Waals surface area contributed by atoms with Crippen LogP contribution < -0.4 is 15.4 Å². The summed E-state index contributed by atoms with van der Waals surface area (Å²) in [6.07, 6.45) is 1.44. The van der Waals surface area contributed by atoms with Crippen molar-refractivity contribution in [3.05, 3.63) is 70.9 Å². The summed E-state index contributed by atoms with van der Waals surface area (Å²) in [5.74, 6) is 0.747. The largest absolute Gasteiger partial charge is 0.494 e. The van der Waals surface area contributed by atoms with E-state index >= 15 is 0 Å². The fourth-order valence-corrected chi connectivity index (χ4v) is 2.91.